The van der Waals surface area contributed by atoms with Crippen LogP contribution in [0.3, 0.4) is 0 Å². The predicted molar refractivity (Wildman–Crippen MR) is 67.6 cm³/mol. The zero-order valence-electron chi connectivity index (χ0n) is 9.01. The van der Waals surface area contributed by atoms with Crippen LogP contribution in [-0.2, 0) is 0 Å². The molecule has 0 radical (unpaired) electrons. The average molecular weight is 242 g/mol. The minimum Gasteiger partial charge on any atom is -0.203 e. The molecule has 80 valence electrons. The lowest BCUT2D eigenvalue weighted by molar-refractivity contribution is 0.780. The topological polar surface area (TPSA) is 12.4 Å². The third kappa shape index (κ3) is 3.39. The van der Waals surface area contributed by atoms with E-state index in [1.165, 1.54) is 0 Å². The number of para-hydroxylation sites is 1. The molecule has 0 N–H and O–H groups in total. The number of allylic oxidation sites excluding steroid dienone is 1. The van der Waals surface area contributed by atoms with Gasteiger partial charge in [-0.3, -0.25) is 0 Å². The Kier molecular flexibility index (Phi) is 4.41. The van der Waals surface area contributed by atoms with E-state index in [4.69, 9.17) is 23.2 Å². The van der Waals surface area contributed by atoms with Gasteiger partial charge in [-0.2, -0.15) is 0 Å². The first-order valence-electron chi connectivity index (χ1n) is 4.76. The van der Waals surface area contributed by atoms with E-state index in [0.29, 0.717) is 21.7 Å². The number of benzene rings is 1. The highest BCUT2D eigenvalue weighted by atomic mass is 35.5. The smallest absolute Gasteiger partial charge is 0.110 e. The largest absolute Gasteiger partial charge is 0.203 e. The molecule has 3 heteroatoms. The highest BCUT2D eigenvalue weighted by Gasteiger charge is 2.02. The van der Waals surface area contributed by atoms with Gasteiger partial charge in [0.2, 0.25) is 0 Å². The van der Waals surface area contributed by atoms with Gasteiger partial charge in [-0.25, -0.2) is 4.99 Å². The summed E-state index contributed by atoms with van der Waals surface area (Å²) >= 11 is 11.9. The second-order valence-electron chi connectivity index (χ2n) is 3.63. The Morgan fingerprint density at radius 1 is 1.27 bits per heavy atom. The van der Waals surface area contributed by atoms with Gasteiger partial charge in [-0.1, -0.05) is 43.1 Å². The molecule has 0 atom stereocenters. The zero-order valence-corrected chi connectivity index (χ0v) is 10.5. The molecule has 0 aliphatic heterocycles. The van der Waals surface area contributed by atoms with Crippen LogP contribution in [0.25, 0.3) is 0 Å². The van der Waals surface area contributed by atoms with Gasteiger partial charge in [0.1, 0.15) is 5.69 Å². The summed E-state index contributed by atoms with van der Waals surface area (Å²) in [5, 5.41) is 1.10. The van der Waals surface area contributed by atoms with Crippen LogP contribution >= 0.6 is 23.2 Å². The number of hydrogen-bond donors (Lipinski definition) is 0. The van der Waals surface area contributed by atoms with E-state index in [9.17, 15) is 0 Å². The fraction of sp³-hybridized carbons (Fsp3) is 0.333. The molecule has 1 nitrogen and oxygen atoms in total. The summed E-state index contributed by atoms with van der Waals surface area (Å²) in [5.74, 6) is 3.38. The highest BCUT2D eigenvalue weighted by molar-refractivity contribution is 6.38. The Hall–Kier alpha value is -0.750. The molecule has 0 aliphatic carbocycles. The van der Waals surface area contributed by atoms with Crippen LogP contribution < -0.4 is 0 Å². The number of rotatable bonds is 2. The molecule has 1 aromatic rings. The molecular formula is C12H13Cl2N. The number of nitrogens with zero attached hydrogens (tertiary/aromatic N) is 1. The molecule has 0 fully saturated rings. The van der Waals surface area contributed by atoms with Crippen LogP contribution in [0, 0.1) is 5.92 Å². The number of halogens is 2. The summed E-state index contributed by atoms with van der Waals surface area (Å²) in [6.45, 7) is 6.16. The van der Waals surface area contributed by atoms with Gasteiger partial charge >= 0.3 is 0 Å². The van der Waals surface area contributed by atoms with E-state index in [2.05, 4.69) is 24.7 Å². The Labute approximate surface area is 100 Å². The Morgan fingerprint density at radius 2 is 1.80 bits per heavy atom. The van der Waals surface area contributed by atoms with Gasteiger partial charge in [-0.15, -0.1) is 0 Å². The molecule has 0 amide bonds. The van der Waals surface area contributed by atoms with E-state index in [1.807, 2.05) is 6.92 Å². The summed E-state index contributed by atoms with van der Waals surface area (Å²) in [6.07, 6.45) is 0. The van der Waals surface area contributed by atoms with Gasteiger partial charge < -0.3 is 0 Å². The molecule has 0 aromatic heterocycles. The molecule has 0 unspecified atom stereocenters. The molecule has 0 saturated heterocycles. The summed E-state index contributed by atoms with van der Waals surface area (Å²) in [4.78, 5) is 4.18. The van der Waals surface area contributed by atoms with Crippen LogP contribution in [0.5, 0.6) is 0 Å². The van der Waals surface area contributed by atoms with Gasteiger partial charge in [0, 0.05) is 0 Å². The van der Waals surface area contributed by atoms with E-state index in [0.717, 1.165) is 5.57 Å². The Balaban J connectivity index is 3.15. The predicted octanol–water partition coefficient (Wildman–Crippen LogP) is 4.90. The van der Waals surface area contributed by atoms with Crippen molar-refractivity contribution >= 4 is 34.8 Å². The summed E-state index contributed by atoms with van der Waals surface area (Å²) in [7, 11) is 0. The second kappa shape index (κ2) is 5.37. The van der Waals surface area contributed by atoms with Crippen LogP contribution in [0.4, 0.5) is 5.69 Å². The third-order valence-electron chi connectivity index (χ3n) is 2.15. The first-order chi connectivity index (χ1) is 7.02. The lowest BCUT2D eigenvalue weighted by atomic mass is 10.1. The normalized spacial score (nSPS) is 10.0. The standard InChI is InChI=1S/C12H13Cl2N/c1-8(2)9(3)7-15-12-10(13)5-4-6-11(12)14/h4-6,8H,1-3H3. The van der Waals surface area contributed by atoms with Gasteiger partial charge in [0.05, 0.1) is 10.0 Å². The minimum absolute atomic E-state index is 0.426. The van der Waals surface area contributed by atoms with Crippen LogP contribution in [-0.4, -0.2) is 5.87 Å². The van der Waals surface area contributed by atoms with Gasteiger partial charge in [0.15, 0.2) is 0 Å². The van der Waals surface area contributed by atoms with Crippen molar-refractivity contribution in [3.8, 4) is 0 Å². The molecule has 0 heterocycles. The van der Waals surface area contributed by atoms with Crippen LogP contribution in [0.1, 0.15) is 20.8 Å². The first kappa shape index (κ1) is 12.3. The van der Waals surface area contributed by atoms with Crippen molar-refractivity contribution in [2.45, 2.75) is 20.8 Å². The molecule has 15 heavy (non-hydrogen) atoms. The molecule has 0 saturated carbocycles. The maximum Gasteiger partial charge on any atom is 0.110 e. The van der Waals surface area contributed by atoms with E-state index in [1.54, 1.807) is 18.2 Å². The van der Waals surface area contributed by atoms with E-state index in [-0.39, 0.29) is 0 Å². The van der Waals surface area contributed by atoms with E-state index < -0.39 is 0 Å². The molecule has 0 spiro atoms. The fourth-order valence-electron chi connectivity index (χ4n) is 0.869. The maximum atomic E-state index is 5.97. The van der Waals surface area contributed by atoms with Crippen molar-refractivity contribution in [3.05, 3.63) is 33.8 Å². The van der Waals surface area contributed by atoms with Gasteiger partial charge in [-0.05, 0) is 36.4 Å². The zero-order chi connectivity index (χ0) is 11.4. The lowest BCUT2D eigenvalue weighted by Crippen LogP contribution is -1.88. The summed E-state index contributed by atoms with van der Waals surface area (Å²) in [6, 6.07) is 5.32. The molecular weight excluding hydrogens is 229 g/mol. The van der Waals surface area contributed by atoms with Crippen molar-refractivity contribution in [1.29, 1.82) is 0 Å². The van der Waals surface area contributed by atoms with Crippen molar-refractivity contribution in [2.75, 3.05) is 0 Å². The molecule has 0 bridgehead atoms. The van der Waals surface area contributed by atoms with Crippen molar-refractivity contribution in [3.63, 3.8) is 0 Å². The summed E-state index contributed by atoms with van der Waals surface area (Å²) in [5.41, 5.74) is 1.66. The SMILES string of the molecule is CC(=C=Nc1c(Cl)cccc1Cl)C(C)C. The van der Waals surface area contributed by atoms with Crippen molar-refractivity contribution in [1.82, 2.24) is 0 Å². The lowest BCUT2D eigenvalue weighted by Gasteiger charge is -2.00. The maximum absolute atomic E-state index is 5.97. The Bertz CT molecular complexity index is 395. The van der Waals surface area contributed by atoms with Crippen molar-refractivity contribution in [2.24, 2.45) is 10.9 Å². The Morgan fingerprint density at radius 3 is 2.27 bits per heavy atom. The molecule has 0 aliphatic rings. The van der Waals surface area contributed by atoms with Crippen molar-refractivity contribution < 1.29 is 0 Å². The summed E-state index contributed by atoms with van der Waals surface area (Å²) < 4.78 is 0. The average Bonchev–Trinajstić information content (AvgIpc) is 2.16. The fourth-order valence-corrected chi connectivity index (χ4v) is 1.35. The highest BCUT2D eigenvalue weighted by Crippen LogP contribution is 2.32. The number of hydrogen-bond acceptors (Lipinski definition) is 1. The molecule has 1 rings (SSSR count). The molecule has 1 aromatic carbocycles. The van der Waals surface area contributed by atoms with E-state index >= 15 is 0 Å². The third-order valence-corrected chi connectivity index (χ3v) is 2.76. The quantitative estimate of drug-likeness (QED) is 0.654. The second-order valence-corrected chi connectivity index (χ2v) is 4.45. The van der Waals surface area contributed by atoms with Crippen LogP contribution in [0.2, 0.25) is 10.0 Å². The van der Waals surface area contributed by atoms with Crippen LogP contribution in [0.15, 0.2) is 28.8 Å². The monoisotopic (exact) mass is 241 g/mol. The van der Waals surface area contributed by atoms with Gasteiger partial charge in [0.25, 0.3) is 0 Å². The minimum atomic E-state index is 0.426. The number of aliphatic imine (C=N–C) groups is 1. The first-order valence-corrected chi connectivity index (χ1v) is 5.52.